The molecule has 0 spiro atoms. The highest BCUT2D eigenvalue weighted by Gasteiger charge is 2.13. The Morgan fingerprint density at radius 2 is 2.39 bits per heavy atom. The zero-order valence-electron chi connectivity index (χ0n) is 9.88. The number of amides is 1. The molecule has 0 saturated heterocycles. The molecule has 0 aliphatic rings. The van der Waals surface area contributed by atoms with Crippen molar-refractivity contribution in [3.05, 3.63) is 47.8 Å². The Labute approximate surface area is 110 Å². The minimum Gasteiger partial charge on any atom is -0.348 e. The van der Waals surface area contributed by atoms with Gasteiger partial charge in [0.05, 0.1) is 11.9 Å². The van der Waals surface area contributed by atoms with E-state index in [4.69, 9.17) is 11.6 Å². The summed E-state index contributed by atoms with van der Waals surface area (Å²) >= 11 is 5.86. The summed E-state index contributed by atoms with van der Waals surface area (Å²) in [7, 11) is 0. The predicted molar refractivity (Wildman–Crippen MR) is 68.4 cm³/mol. The third-order valence-corrected chi connectivity index (χ3v) is 2.73. The van der Waals surface area contributed by atoms with Gasteiger partial charge in [-0.2, -0.15) is 0 Å². The monoisotopic (exact) mass is 264 g/mol. The molecular formula is C12H13ClN4O. The summed E-state index contributed by atoms with van der Waals surface area (Å²) in [5.41, 5.74) is 0.386. The molecule has 1 atom stereocenters. The third-order valence-electron chi connectivity index (χ3n) is 2.43. The van der Waals surface area contributed by atoms with Crippen LogP contribution in [0.5, 0.6) is 0 Å². The van der Waals surface area contributed by atoms with Gasteiger partial charge in [-0.05, 0) is 19.1 Å². The number of nitrogens with zero attached hydrogens (tertiary/aromatic N) is 3. The van der Waals surface area contributed by atoms with Crippen LogP contribution in [0, 0.1) is 0 Å². The van der Waals surface area contributed by atoms with Crippen molar-refractivity contribution in [3.8, 4) is 0 Å². The summed E-state index contributed by atoms with van der Waals surface area (Å²) in [5.74, 6) is -0.222. The van der Waals surface area contributed by atoms with Crippen molar-refractivity contribution in [1.29, 1.82) is 0 Å². The number of carbonyl (C=O) groups is 1. The van der Waals surface area contributed by atoms with E-state index in [2.05, 4.69) is 15.3 Å². The maximum atomic E-state index is 11.9. The lowest BCUT2D eigenvalue weighted by molar-refractivity contribution is 0.0936. The summed E-state index contributed by atoms with van der Waals surface area (Å²) < 4.78 is 1.90. The van der Waals surface area contributed by atoms with Crippen LogP contribution in [0.2, 0.25) is 5.15 Å². The van der Waals surface area contributed by atoms with Crippen LogP contribution in [-0.4, -0.2) is 26.5 Å². The van der Waals surface area contributed by atoms with Crippen molar-refractivity contribution in [3.63, 3.8) is 0 Å². The van der Waals surface area contributed by atoms with E-state index in [1.54, 1.807) is 30.9 Å². The smallest absolute Gasteiger partial charge is 0.254 e. The van der Waals surface area contributed by atoms with Gasteiger partial charge in [-0.25, -0.2) is 9.97 Å². The van der Waals surface area contributed by atoms with Crippen LogP contribution in [0.15, 0.2) is 37.1 Å². The highest BCUT2D eigenvalue weighted by Crippen LogP contribution is 2.11. The van der Waals surface area contributed by atoms with Gasteiger partial charge < -0.3 is 9.88 Å². The zero-order valence-corrected chi connectivity index (χ0v) is 10.6. The van der Waals surface area contributed by atoms with Gasteiger partial charge in [-0.3, -0.25) is 4.79 Å². The first-order valence-corrected chi connectivity index (χ1v) is 5.91. The van der Waals surface area contributed by atoms with Gasteiger partial charge in [-0.1, -0.05) is 11.6 Å². The van der Waals surface area contributed by atoms with Crippen LogP contribution in [0.4, 0.5) is 0 Å². The van der Waals surface area contributed by atoms with Crippen molar-refractivity contribution in [2.45, 2.75) is 19.5 Å². The first kappa shape index (κ1) is 12.6. The first-order valence-electron chi connectivity index (χ1n) is 5.54. The summed E-state index contributed by atoms with van der Waals surface area (Å²) in [6.45, 7) is 2.58. The Hall–Kier alpha value is -1.88. The molecule has 6 heteroatoms. The number of nitrogens with one attached hydrogen (secondary N) is 1. The molecular weight excluding hydrogens is 252 g/mol. The fraction of sp³-hybridized carbons (Fsp3) is 0.250. The fourth-order valence-electron chi connectivity index (χ4n) is 1.61. The summed E-state index contributed by atoms with van der Waals surface area (Å²) in [5, 5.41) is 3.08. The van der Waals surface area contributed by atoms with Crippen LogP contribution in [-0.2, 0) is 6.54 Å². The van der Waals surface area contributed by atoms with Crippen LogP contribution in [0.1, 0.15) is 17.3 Å². The van der Waals surface area contributed by atoms with E-state index < -0.39 is 0 Å². The first-order chi connectivity index (χ1) is 8.66. The number of hydrogen-bond acceptors (Lipinski definition) is 3. The van der Waals surface area contributed by atoms with E-state index in [9.17, 15) is 4.79 Å². The maximum Gasteiger partial charge on any atom is 0.254 e. The van der Waals surface area contributed by atoms with Gasteiger partial charge in [0, 0.05) is 31.2 Å². The second kappa shape index (κ2) is 5.64. The molecule has 5 nitrogen and oxygen atoms in total. The topological polar surface area (TPSA) is 59.8 Å². The number of hydrogen-bond donors (Lipinski definition) is 1. The molecule has 18 heavy (non-hydrogen) atoms. The van der Waals surface area contributed by atoms with E-state index in [0.29, 0.717) is 12.1 Å². The summed E-state index contributed by atoms with van der Waals surface area (Å²) in [6, 6.07) is 3.30. The van der Waals surface area contributed by atoms with Crippen LogP contribution in [0.25, 0.3) is 0 Å². The molecule has 94 valence electrons. The Balaban J connectivity index is 1.97. The second-order valence-electron chi connectivity index (χ2n) is 3.98. The molecule has 0 bridgehead atoms. The second-order valence-corrected chi connectivity index (χ2v) is 4.33. The fourth-order valence-corrected chi connectivity index (χ4v) is 1.82. The number of halogens is 1. The molecule has 0 fully saturated rings. The highest BCUT2D eigenvalue weighted by molar-refractivity contribution is 6.32. The molecule has 2 rings (SSSR count). The summed E-state index contributed by atoms with van der Waals surface area (Å²) in [6.07, 6.45) is 6.81. The van der Waals surface area contributed by atoms with E-state index in [-0.39, 0.29) is 17.1 Å². The minimum absolute atomic E-state index is 0.0250. The number of aromatic nitrogens is 3. The van der Waals surface area contributed by atoms with Gasteiger partial charge in [0.15, 0.2) is 0 Å². The van der Waals surface area contributed by atoms with Gasteiger partial charge >= 0.3 is 0 Å². The molecule has 1 unspecified atom stereocenters. The Morgan fingerprint density at radius 1 is 1.56 bits per heavy atom. The molecule has 1 N–H and O–H groups in total. The minimum atomic E-state index is -0.222. The molecule has 0 aliphatic carbocycles. The average Bonchev–Trinajstić information content (AvgIpc) is 2.82. The normalized spacial score (nSPS) is 12.1. The Kier molecular flexibility index (Phi) is 3.94. The van der Waals surface area contributed by atoms with Crippen molar-refractivity contribution in [2.24, 2.45) is 0 Å². The van der Waals surface area contributed by atoms with E-state index >= 15 is 0 Å². The molecule has 0 radical (unpaired) electrons. The number of carbonyl (C=O) groups excluding carboxylic acids is 1. The highest BCUT2D eigenvalue weighted by atomic mass is 35.5. The third kappa shape index (κ3) is 3.07. The van der Waals surface area contributed by atoms with Crippen LogP contribution < -0.4 is 5.32 Å². The van der Waals surface area contributed by atoms with Gasteiger partial charge in [0.2, 0.25) is 0 Å². The number of pyridine rings is 1. The predicted octanol–water partition coefficient (Wildman–Crippen LogP) is 1.75. The van der Waals surface area contributed by atoms with Crippen LogP contribution >= 0.6 is 11.6 Å². The lowest BCUT2D eigenvalue weighted by atomic mass is 10.2. The van der Waals surface area contributed by atoms with E-state index in [1.165, 1.54) is 0 Å². The SMILES string of the molecule is CC(Cn1ccnc1)NC(=O)c1cccnc1Cl. The Bertz CT molecular complexity index is 527. The quantitative estimate of drug-likeness (QED) is 0.856. The van der Waals surface area contributed by atoms with E-state index in [0.717, 1.165) is 0 Å². The largest absolute Gasteiger partial charge is 0.348 e. The molecule has 2 aromatic heterocycles. The average molecular weight is 265 g/mol. The number of imidazole rings is 1. The van der Waals surface area contributed by atoms with Crippen LogP contribution in [0.3, 0.4) is 0 Å². The lowest BCUT2D eigenvalue weighted by Crippen LogP contribution is -2.35. The van der Waals surface area contributed by atoms with E-state index in [1.807, 2.05) is 17.7 Å². The molecule has 1 amide bonds. The van der Waals surface area contributed by atoms with Gasteiger partial charge in [0.1, 0.15) is 5.15 Å². The lowest BCUT2D eigenvalue weighted by Gasteiger charge is -2.14. The van der Waals surface area contributed by atoms with Crippen molar-refractivity contribution < 1.29 is 4.79 Å². The molecule has 2 aromatic rings. The standard InChI is InChI=1S/C12H13ClN4O/c1-9(7-17-6-5-14-8-17)16-12(18)10-3-2-4-15-11(10)13/h2-6,8-9H,7H2,1H3,(H,16,18). The van der Waals surface area contributed by atoms with Gasteiger partial charge in [0.25, 0.3) is 5.91 Å². The maximum absolute atomic E-state index is 11.9. The molecule has 2 heterocycles. The Morgan fingerprint density at radius 3 is 3.06 bits per heavy atom. The zero-order chi connectivity index (χ0) is 13.0. The van der Waals surface area contributed by atoms with Crippen molar-refractivity contribution >= 4 is 17.5 Å². The van der Waals surface area contributed by atoms with Crippen molar-refractivity contribution in [1.82, 2.24) is 19.9 Å². The molecule has 0 saturated carbocycles. The number of rotatable bonds is 4. The van der Waals surface area contributed by atoms with Crippen molar-refractivity contribution in [2.75, 3.05) is 0 Å². The molecule has 0 aromatic carbocycles. The summed E-state index contributed by atoms with van der Waals surface area (Å²) in [4.78, 5) is 19.8. The molecule has 0 aliphatic heterocycles. The van der Waals surface area contributed by atoms with Gasteiger partial charge in [-0.15, -0.1) is 0 Å².